The number of phenolic OH excluding ortho intramolecular Hbond substituents is 1. The minimum atomic E-state index is -0.114. The number of hydrogen-bond donors (Lipinski definition) is 1. The molecule has 4 aliphatic carbocycles. The van der Waals surface area contributed by atoms with E-state index in [0.717, 1.165) is 31.3 Å². The van der Waals surface area contributed by atoms with Gasteiger partial charge in [-0.3, -0.25) is 9.59 Å². The maximum Gasteiger partial charge on any atom is 0.194 e. The molecule has 19 heavy (non-hydrogen) atoms. The molecule has 0 aromatic heterocycles. The van der Waals surface area contributed by atoms with Crippen LogP contribution in [0.5, 0.6) is 5.75 Å². The van der Waals surface area contributed by atoms with Crippen LogP contribution < -0.4 is 0 Å². The van der Waals surface area contributed by atoms with Crippen molar-refractivity contribution in [2.75, 3.05) is 0 Å². The molecule has 0 unspecified atom stereocenters. The quantitative estimate of drug-likeness (QED) is 0.774. The fourth-order valence-electron chi connectivity index (χ4n) is 3.97. The van der Waals surface area contributed by atoms with E-state index in [1.807, 2.05) is 0 Å². The Morgan fingerprint density at radius 1 is 0.895 bits per heavy atom. The highest BCUT2D eigenvalue weighted by Gasteiger charge is 2.45. The number of hydrogen-bond acceptors (Lipinski definition) is 3. The Kier molecular flexibility index (Phi) is 2.06. The van der Waals surface area contributed by atoms with Crippen molar-refractivity contribution in [3.8, 4) is 5.75 Å². The minimum absolute atomic E-state index is 0.0325. The fraction of sp³-hybridized carbons (Fsp3) is 0.375. The summed E-state index contributed by atoms with van der Waals surface area (Å²) in [6.07, 6.45) is 4.06. The van der Waals surface area contributed by atoms with E-state index < -0.39 is 0 Å². The Hall–Kier alpha value is -1.90. The summed E-state index contributed by atoms with van der Waals surface area (Å²) in [4.78, 5) is 25.3. The topological polar surface area (TPSA) is 54.4 Å². The van der Waals surface area contributed by atoms with Gasteiger partial charge in [0, 0.05) is 16.7 Å². The van der Waals surface area contributed by atoms with Crippen LogP contribution in [0.25, 0.3) is 0 Å². The van der Waals surface area contributed by atoms with Crippen LogP contribution in [0.2, 0.25) is 0 Å². The van der Waals surface area contributed by atoms with Crippen molar-refractivity contribution in [2.45, 2.75) is 25.7 Å². The van der Waals surface area contributed by atoms with Gasteiger partial charge in [0.25, 0.3) is 0 Å². The monoisotopic (exact) mass is 254 g/mol. The number of carbonyl (C=O) groups excluding carboxylic acids is 2. The molecule has 1 aromatic rings. The Labute approximate surface area is 110 Å². The van der Waals surface area contributed by atoms with Crippen LogP contribution in [0, 0.1) is 11.8 Å². The van der Waals surface area contributed by atoms with Gasteiger partial charge < -0.3 is 5.11 Å². The number of aromatic hydroxyl groups is 1. The van der Waals surface area contributed by atoms with Gasteiger partial charge in [0.05, 0.1) is 5.56 Å². The number of ketones is 2. The molecule has 0 saturated heterocycles. The maximum absolute atomic E-state index is 12.6. The maximum atomic E-state index is 12.6. The van der Waals surface area contributed by atoms with Gasteiger partial charge in [-0.15, -0.1) is 0 Å². The van der Waals surface area contributed by atoms with Crippen LogP contribution in [0.4, 0.5) is 0 Å². The lowest BCUT2D eigenvalue weighted by molar-refractivity contribution is 0.0919. The second kappa shape index (κ2) is 3.56. The highest BCUT2D eigenvalue weighted by Crippen LogP contribution is 2.50. The zero-order chi connectivity index (χ0) is 13.1. The van der Waals surface area contributed by atoms with E-state index >= 15 is 0 Å². The predicted molar refractivity (Wildman–Crippen MR) is 69.2 cm³/mol. The van der Waals surface area contributed by atoms with Gasteiger partial charge in [-0.1, -0.05) is 12.1 Å². The fourth-order valence-corrected chi connectivity index (χ4v) is 3.97. The third kappa shape index (κ3) is 1.28. The Bertz CT molecular complexity index is 646. The summed E-state index contributed by atoms with van der Waals surface area (Å²) in [7, 11) is 0. The van der Waals surface area contributed by atoms with E-state index in [2.05, 4.69) is 0 Å². The molecule has 0 spiro atoms. The highest BCUT2D eigenvalue weighted by atomic mass is 16.3. The number of carbonyl (C=O) groups is 2. The summed E-state index contributed by atoms with van der Waals surface area (Å²) < 4.78 is 0. The van der Waals surface area contributed by atoms with Crippen LogP contribution in [-0.4, -0.2) is 16.7 Å². The van der Waals surface area contributed by atoms with Crippen molar-refractivity contribution in [1.29, 1.82) is 0 Å². The lowest BCUT2D eigenvalue weighted by Crippen LogP contribution is -2.37. The zero-order valence-electron chi connectivity index (χ0n) is 10.5. The first-order valence-electron chi connectivity index (χ1n) is 6.84. The molecule has 1 fully saturated rings. The van der Waals surface area contributed by atoms with E-state index in [4.69, 9.17) is 0 Å². The molecule has 3 heteroatoms. The average molecular weight is 254 g/mol. The lowest BCUT2D eigenvalue weighted by Gasteiger charge is -2.41. The largest absolute Gasteiger partial charge is 0.507 e. The molecule has 0 atom stereocenters. The van der Waals surface area contributed by atoms with Crippen molar-refractivity contribution in [1.82, 2.24) is 0 Å². The zero-order valence-corrected chi connectivity index (χ0v) is 10.5. The standard InChI is InChI=1S/C16H14O3/c17-11-3-1-2-10-14(11)16(19)13-9-6-4-8(5-7-9)12(13)15(10)18/h1-3,8-9,17H,4-7H2. The number of Topliss-reactive ketones (excluding diaryl/α,β-unsaturated/α-hetero) is 2. The summed E-state index contributed by atoms with van der Waals surface area (Å²) in [6, 6.07) is 4.77. The van der Waals surface area contributed by atoms with Crippen LogP contribution in [0.1, 0.15) is 46.4 Å². The SMILES string of the molecule is O=C1C2=C(C(=O)c3c(O)cccc31)C1CCC2CC1. The van der Waals surface area contributed by atoms with Gasteiger partial charge in [-0.25, -0.2) is 0 Å². The first kappa shape index (κ1) is 11.0. The normalized spacial score (nSPS) is 28.4. The number of phenols is 1. The summed E-state index contributed by atoms with van der Waals surface area (Å²) in [5.41, 5.74) is 2.07. The van der Waals surface area contributed by atoms with E-state index in [0.29, 0.717) is 11.1 Å². The van der Waals surface area contributed by atoms with Crippen molar-refractivity contribution in [3.05, 3.63) is 40.5 Å². The third-order valence-corrected chi connectivity index (χ3v) is 4.84. The Balaban J connectivity index is 2.00. The Morgan fingerprint density at radius 2 is 1.47 bits per heavy atom. The molecule has 96 valence electrons. The second-order valence-electron chi connectivity index (χ2n) is 5.73. The van der Waals surface area contributed by atoms with Crippen LogP contribution >= 0.6 is 0 Å². The number of fused-ring (bicyclic) bond motifs is 3. The van der Waals surface area contributed by atoms with E-state index in [1.165, 1.54) is 6.07 Å². The predicted octanol–water partition coefficient (Wildman–Crippen LogP) is 2.89. The van der Waals surface area contributed by atoms with Crippen LogP contribution in [0.3, 0.4) is 0 Å². The molecule has 0 aliphatic heterocycles. The number of rotatable bonds is 0. The molecule has 5 rings (SSSR count). The van der Waals surface area contributed by atoms with Crippen molar-refractivity contribution in [2.24, 2.45) is 11.8 Å². The Morgan fingerprint density at radius 3 is 2.11 bits per heavy atom. The van der Waals surface area contributed by atoms with Crippen molar-refractivity contribution in [3.63, 3.8) is 0 Å². The molecular formula is C16H14O3. The van der Waals surface area contributed by atoms with Gasteiger partial charge in [0.1, 0.15) is 5.75 Å². The first-order valence-corrected chi connectivity index (χ1v) is 6.84. The lowest BCUT2D eigenvalue weighted by atomic mass is 9.61. The van der Waals surface area contributed by atoms with Crippen molar-refractivity contribution >= 4 is 11.6 Å². The van der Waals surface area contributed by atoms with Crippen LogP contribution in [0.15, 0.2) is 29.3 Å². The molecule has 1 saturated carbocycles. The number of benzene rings is 1. The molecule has 1 N–H and O–H groups in total. The van der Waals surface area contributed by atoms with Gasteiger partial charge in [0.2, 0.25) is 0 Å². The van der Waals surface area contributed by atoms with Crippen LogP contribution in [-0.2, 0) is 0 Å². The number of allylic oxidation sites excluding steroid dienone is 2. The molecule has 0 amide bonds. The van der Waals surface area contributed by atoms with Crippen molar-refractivity contribution < 1.29 is 14.7 Å². The van der Waals surface area contributed by atoms with Gasteiger partial charge in [-0.2, -0.15) is 0 Å². The van der Waals surface area contributed by atoms with Gasteiger partial charge >= 0.3 is 0 Å². The summed E-state index contributed by atoms with van der Waals surface area (Å²) in [5, 5.41) is 9.91. The molecular weight excluding hydrogens is 240 g/mol. The molecule has 2 bridgehead atoms. The minimum Gasteiger partial charge on any atom is -0.507 e. The molecule has 0 heterocycles. The highest BCUT2D eigenvalue weighted by molar-refractivity contribution is 6.28. The molecule has 3 nitrogen and oxygen atoms in total. The third-order valence-electron chi connectivity index (χ3n) is 4.84. The van der Waals surface area contributed by atoms with Gasteiger partial charge in [-0.05, 0) is 43.6 Å². The van der Waals surface area contributed by atoms with E-state index in [-0.39, 0.29) is 34.7 Å². The molecule has 0 radical (unpaired) electrons. The van der Waals surface area contributed by atoms with E-state index in [1.54, 1.807) is 12.1 Å². The second-order valence-corrected chi connectivity index (χ2v) is 5.73. The smallest absolute Gasteiger partial charge is 0.194 e. The average Bonchev–Trinajstić information content (AvgIpc) is 2.45. The first-order chi connectivity index (χ1) is 9.18. The summed E-state index contributed by atoms with van der Waals surface area (Å²) in [6.45, 7) is 0. The van der Waals surface area contributed by atoms with Gasteiger partial charge in [0.15, 0.2) is 11.6 Å². The summed E-state index contributed by atoms with van der Waals surface area (Å²) in [5.74, 6) is 0.270. The molecule has 4 aliphatic rings. The molecule has 1 aromatic carbocycles. The summed E-state index contributed by atoms with van der Waals surface area (Å²) >= 11 is 0. The van der Waals surface area contributed by atoms with E-state index in [9.17, 15) is 14.7 Å².